The molecule has 18 heavy (non-hydrogen) atoms. The summed E-state index contributed by atoms with van der Waals surface area (Å²) in [4.78, 5) is 23.1. The van der Waals surface area contributed by atoms with Crippen molar-refractivity contribution in [1.29, 1.82) is 0 Å². The minimum absolute atomic E-state index is 0.164. The minimum Gasteiger partial charge on any atom is -0.444 e. The zero-order valence-electron chi connectivity index (χ0n) is 11.0. The van der Waals surface area contributed by atoms with Gasteiger partial charge in [0.15, 0.2) is 11.6 Å². The first-order valence-corrected chi connectivity index (χ1v) is 5.43. The molecular weight excluding hydrogens is 234 g/mol. The first-order chi connectivity index (χ1) is 8.23. The fourth-order valence-electron chi connectivity index (χ4n) is 1.27. The van der Waals surface area contributed by atoms with Crippen molar-refractivity contribution in [1.82, 2.24) is 9.78 Å². The highest BCUT2D eigenvalue weighted by Gasteiger charge is 2.20. The molecule has 0 saturated carbocycles. The summed E-state index contributed by atoms with van der Waals surface area (Å²) in [5, 5.41) is 6.43. The molecule has 0 unspecified atom stereocenters. The normalized spacial score (nSPS) is 10.9. The molecule has 0 radical (unpaired) electrons. The summed E-state index contributed by atoms with van der Waals surface area (Å²) in [7, 11) is 1.65. The fraction of sp³-hybridized carbons (Fsp3) is 0.417. The molecule has 1 N–H and O–H groups in total. The molecular formula is C12H17N3O3. The van der Waals surface area contributed by atoms with Crippen LogP contribution in [0.2, 0.25) is 0 Å². The van der Waals surface area contributed by atoms with Crippen molar-refractivity contribution in [2.24, 2.45) is 7.05 Å². The molecule has 0 aromatic carbocycles. The molecule has 98 valence electrons. The lowest BCUT2D eigenvalue weighted by Gasteiger charge is -2.19. The van der Waals surface area contributed by atoms with Gasteiger partial charge in [-0.15, -0.1) is 0 Å². The SMILES string of the molecule is C=CC(=O)c1cn(C)nc1NC(=O)OC(C)(C)C. The van der Waals surface area contributed by atoms with E-state index in [0.717, 1.165) is 6.08 Å². The number of aryl methyl sites for hydroxylation is 1. The van der Waals surface area contributed by atoms with Gasteiger partial charge in [-0.3, -0.25) is 14.8 Å². The van der Waals surface area contributed by atoms with E-state index in [4.69, 9.17) is 4.74 Å². The maximum Gasteiger partial charge on any atom is 0.413 e. The number of carbonyl (C=O) groups excluding carboxylic acids is 2. The van der Waals surface area contributed by atoms with Crippen LogP contribution < -0.4 is 5.32 Å². The van der Waals surface area contributed by atoms with E-state index in [0.29, 0.717) is 0 Å². The number of allylic oxidation sites excluding steroid dienone is 1. The third kappa shape index (κ3) is 3.73. The summed E-state index contributed by atoms with van der Waals surface area (Å²) in [6.45, 7) is 8.65. The minimum atomic E-state index is -0.653. The third-order valence-corrected chi connectivity index (χ3v) is 1.90. The van der Waals surface area contributed by atoms with Gasteiger partial charge in [0.05, 0.1) is 5.56 Å². The molecule has 0 aliphatic carbocycles. The van der Waals surface area contributed by atoms with Crippen molar-refractivity contribution in [2.75, 3.05) is 5.32 Å². The molecule has 6 nitrogen and oxygen atoms in total. The lowest BCUT2D eigenvalue weighted by Crippen LogP contribution is -2.27. The molecule has 6 heteroatoms. The number of aromatic nitrogens is 2. The summed E-state index contributed by atoms with van der Waals surface area (Å²) in [6.07, 6.45) is 2.02. The van der Waals surface area contributed by atoms with Crippen LogP contribution in [0.15, 0.2) is 18.9 Å². The summed E-state index contributed by atoms with van der Waals surface area (Å²) in [6, 6.07) is 0. The van der Waals surface area contributed by atoms with Crippen molar-refractivity contribution in [3.63, 3.8) is 0 Å². The van der Waals surface area contributed by atoms with Gasteiger partial charge in [0.2, 0.25) is 0 Å². The Morgan fingerprint density at radius 3 is 2.61 bits per heavy atom. The highest BCUT2D eigenvalue weighted by atomic mass is 16.6. The maximum atomic E-state index is 11.6. The molecule has 0 aliphatic rings. The number of amides is 1. The van der Waals surface area contributed by atoms with Crippen molar-refractivity contribution in [2.45, 2.75) is 26.4 Å². The van der Waals surface area contributed by atoms with Gasteiger partial charge in [-0.25, -0.2) is 4.79 Å². The van der Waals surface area contributed by atoms with Crippen LogP contribution in [0.5, 0.6) is 0 Å². The highest BCUT2D eigenvalue weighted by molar-refractivity contribution is 6.08. The Bertz CT molecular complexity index is 483. The van der Waals surface area contributed by atoms with Gasteiger partial charge in [-0.05, 0) is 26.8 Å². The summed E-state index contributed by atoms with van der Waals surface area (Å²) in [5.74, 6) is -0.147. The zero-order valence-corrected chi connectivity index (χ0v) is 11.0. The van der Waals surface area contributed by atoms with E-state index >= 15 is 0 Å². The summed E-state index contributed by atoms with van der Waals surface area (Å²) in [5.41, 5.74) is -0.333. The van der Waals surface area contributed by atoms with Gasteiger partial charge < -0.3 is 4.74 Å². The summed E-state index contributed by atoms with van der Waals surface area (Å²) >= 11 is 0. The number of hydrogen-bond donors (Lipinski definition) is 1. The number of ketones is 1. The average molecular weight is 251 g/mol. The Kier molecular flexibility index (Phi) is 3.90. The second kappa shape index (κ2) is 5.03. The van der Waals surface area contributed by atoms with E-state index in [1.165, 1.54) is 10.9 Å². The molecule has 0 fully saturated rings. The first-order valence-electron chi connectivity index (χ1n) is 5.43. The van der Waals surface area contributed by atoms with E-state index in [9.17, 15) is 9.59 Å². The lowest BCUT2D eigenvalue weighted by molar-refractivity contribution is 0.0635. The molecule has 0 spiro atoms. The molecule has 0 saturated heterocycles. The number of nitrogens with one attached hydrogen (secondary N) is 1. The van der Waals surface area contributed by atoms with Crippen molar-refractivity contribution in [3.8, 4) is 0 Å². The van der Waals surface area contributed by atoms with Gasteiger partial charge in [0.25, 0.3) is 0 Å². The van der Waals surface area contributed by atoms with Crippen LogP contribution in [0.25, 0.3) is 0 Å². The Morgan fingerprint density at radius 1 is 1.50 bits per heavy atom. The van der Waals surface area contributed by atoms with Crippen LogP contribution in [0.1, 0.15) is 31.1 Å². The van der Waals surface area contributed by atoms with Crippen LogP contribution in [-0.2, 0) is 11.8 Å². The molecule has 0 aliphatic heterocycles. The highest BCUT2D eigenvalue weighted by Crippen LogP contribution is 2.15. The molecule has 1 amide bonds. The maximum absolute atomic E-state index is 11.6. The molecule has 0 atom stereocenters. The van der Waals surface area contributed by atoms with Crippen molar-refractivity contribution in [3.05, 3.63) is 24.4 Å². The number of nitrogens with zero attached hydrogens (tertiary/aromatic N) is 2. The van der Waals surface area contributed by atoms with Crippen LogP contribution in [-0.4, -0.2) is 27.3 Å². The molecule has 1 rings (SSSR count). The lowest BCUT2D eigenvalue weighted by atomic mass is 10.2. The Morgan fingerprint density at radius 2 is 2.11 bits per heavy atom. The Labute approximate surface area is 106 Å². The third-order valence-electron chi connectivity index (χ3n) is 1.90. The van der Waals surface area contributed by atoms with Crippen LogP contribution in [0.4, 0.5) is 10.6 Å². The topological polar surface area (TPSA) is 73.2 Å². The van der Waals surface area contributed by atoms with Gasteiger partial charge in [0, 0.05) is 13.2 Å². The second-order valence-electron chi connectivity index (χ2n) is 4.76. The smallest absolute Gasteiger partial charge is 0.413 e. The first kappa shape index (κ1) is 14.0. The summed E-state index contributed by atoms with van der Waals surface area (Å²) < 4.78 is 6.52. The number of rotatable bonds is 3. The van der Waals surface area contributed by atoms with E-state index in [1.807, 2.05) is 0 Å². The predicted octanol–water partition coefficient (Wildman–Crippen LogP) is 2.14. The fourth-order valence-corrected chi connectivity index (χ4v) is 1.27. The van der Waals surface area contributed by atoms with Crippen LogP contribution >= 0.6 is 0 Å². The molecule has 1 aromatic heterocycles. The Balaban J connectivity index is 2.88. The zero-order chi connectivity index (χ0) is 13.9. The Hall–Kier alpha value is -2.11. The number of anilines is 1. The number of carbonyl (C=O) groups is 2. The van der Waals surface area contributed by atoms with E-state index in [2.05, 4.69) is 17.0 Å². The van der Waals surface area contributed by atoms with Crippen molar-refractivity contribution >= 4 is 17.7 Å². The van der Waals surface area contributed by atoms with Crippen LogP contribution in [0, 0.1) is 0 Å². The van der Waals surface area contributed by atoms with E-state index in [-0.39, 0.29) is 17.2 Å². The molecule has 0 bridgehead atoms. The molecule has 1 heterocycles. The number of hydrogen-bond acceptors (Lipinski definition) is 4. The average Bonchev–Trinajstić information content (AvgIpc) is 2.55. The second-order valence-corrected chi connectivity index (χ2v) is 4.76. The van der Waals surface area contributed by atoms with Gasteiger partial charge >= 0.3 is 6.09 Å². The quantitative estimate of drug-likeness (QED) is 0.659. The van der Waals surface area contributed by atoms with E-state index < -0.39 is 11.7 Å². The van der Waals surface area contributed by atoms with Gasteiger partial charge in [-0.2, -0.15) is 5.10 Å². The largest absolute Gasteiger partial charge is 0.444 e. The molecule has 1 aromatic rings. The number of ether oxygens (including phenoxy) is 1. The predicted molar refractivity (Wildman–Crippen MR) is 67.6 cm³/mol. The van der Waals surface area contributed by atoms with Gasteiger partial charge in [0.1, 0.15) is 5.60 Å². The monoisotopic (exact) mass is 251 g/mol. The van der Waals surface area contributed by atoms with Gasteiger partial charge in [-0.1, -0.05) is 6.58 Å². The van der Waals surface area contributed by atoms with E-state index in [1.54, 1.807) is 27.8 Å². The standard InChI is InChI=1S/C12H17N3O3/c1-6-9(16)8-7-15(5)14-10(8)13-11(17)18-12(2,3)4/h6-7H,1H2,2-5H3,(H,13,14,17). The van der Waals surface area contributed by atoms with Crippen LogP contribution in [0.3, 0.4) is 0 Å². The van der Waals surface area contributed by atoms with Crippen molar-refractivity contribution < 1.29 is 14.3 Å².